The fraction of sp³-hybridized carbons (Fsp3) is 0.125. The van der Waals surface area contributed by atoms with Crippen molar-refractivity contribution >= 4 is 34.0 Å². The Balaban J connectivity index is 1.60. The van der Waals surface area contributed by atoms with Gasteiger partial charge in [0.25, 0.3) is 11.5 Å². The Hall–Kier alpha value is -2.91. The molecular weight excluding hydrogens is 380 g/mol. The zero-order valence-corrected chi connectivity index (χ0v) is 14.7. The number of anilines is 1. The minimum absolute atomic E-state index is 0.0957. The van der Waals surface area contributed by atoms with E-state index in [4.69, 9.17) is 21.1 Å². The van der Waals surface area contributed by atoms with Gasteiger partial charge in [0.1, 0.15) is 18.8 Å². The number of aromatic amines is 1. The van der Waals surface area contributed by atoms with Crippen molar-refractivity contribution in [1.82, 2.24) is 15.0 Å². The summed E-state index contributed by atoms with van der Waals surface area (Å²) in [5.74, 6) is 0.592. The van der Waals surface area contributed by atoms with Crippen LogP contribution in [0.2, 0.25) is 5.02 Å². The smallest absolute Gasteiger partial charge is 0.264 e. The Labute approximate surface area is 155 Å². The van der Waals surface area contributed by atoms with Crippen LogP contribution in [-0.2, 0) is 0 Å². The first-order valence-electron chi connectivity index (χ1n) is 7.51. The molecule has 3 heterocycles. The Morgan fingerprint density at radius 2 is 2.04 bits per heavy atom. The molecule has 0 spiro atoms. The van der Waals surface area contributed by atoms with E-state index < -0.39 is 11.5 Å². The molecule has 0 fully saturated rings. The highest BCUT2D eigenvalue weighted by molar-refractivity contribution is 7.14. The van der Waals surface area contributed by atoms with Crippen LogP contribution in [0.15, 0.2) is 34.8 Å². The maximum absolute atomic E-state index is 12.2. The van der Waals surface area contributed by atoms with Crippen molar-refractivity contribution in [3.63, 3.8) is 0 Å². The van der Waals surface area contributed by atoms with E-state index in [2.05, 4.69) is 20.3 Å². The molecule has 10 heteroatoms. The highest BCUT2D eigenvalue weighted by Crippen LogP contribution is 2.40. The number of rotatable bonds is 3. The number of hydrogen-bond acceptors (Lipinski definition) is 7. The number of benzene rings is 1. The van der Waals surface area contributed by atoms with Crippen LogP contribution in [0.1, 0.15) is 10.4 Å². The second-order valence-electron chi connectivity index (χ2n) is 5.26. The Morgan fingerprint density at radius 1 is 1.27 bits per heavy atom. The summed E-state index contributed by atoms with van der Waals surface area (Å²) in [4.78, 5) is 34.3. The predicted molar refractivity (Wildman–Crippen MR) is 96.4 cm³/mol. The minimum Gasteiger partial charge on any atom is -0.486 e. The first-order valence-corrected chi connectivity index (χ1v) is 8.76. The number of carbonyl (C=O) groups excluding carboxylic acids is 1. The van der Waals surface area contributed by atoms with Crippen LogP contribution in [0.5, 0.6) is 11.5 Å². The summed E-state index contributed by atoms with van der Waals surface area (Å²) in [6.07, 6.45) is 2.41. The lowest BCUT2D eigenvalue weighted by Gasteiger charge is -2.19. The fourth-order valence-corrected chi connectivity index (χ4v) is 3.34. The van der Waals surface area contributed by atoms with Crippen LogP contribution in [0.3, 0.4) is 0 Å². The number of thiazole rings is 1. The van der Waals surface area contributed by atoms with Gasteiger partial charge in [0, 0.05) is 23.2 Å². The zero-order chi connectivity index (χ0) is 18.1. The lowest BCUT2D eigenvalue weighted by Crippen LogP contribution is -2.23. The van der Waals surface area contributed by atoms with Gasteiger partial charge in [-0.2, -0.15) is 0 Å². The average molecular weight is 391 g/mol. The summed E-state index contributed by atoms with van der Waals surface area (Å²) >= 11 is 7.53. The highest BCUT2D eigenvalue weighted by atomic mass is 35.5. The van der Waals surface area contributed by atoms with Crippen LogP contribution in [0.4, 0.5) is 5.13 Å². The van der Waals surface area contributed by atoms with Crippen molar-refractivity contribution in [2.75, 3.05) is 18.5 Å². The maximum atomic E-state index is 12.2. The minimum atomic E-state index is -0.589. The van der Waals surface area contributed by atoms with E-state index in [9.17, 15) is 9.59 Å². The van der Waals surface area contributed by atoms with E-state index >= 15 is 0 Å². The van der Waals surface area contributed by atoms with Crippen molar-refractivity contribution in [3.05, 3.63) is 51.0 Å². The summed E-state index contributed by atoms with van der Waals surface area (Å²) in [5.41, 5.74) is 0.616. The normalized spacial score (nSPS) is 12.7. The van der Waals surface area contributed by atoms with E-state index in [-0.39, 0.29) is 5.56 Å². The molecule has 0 unspecified atom stereocenters. The lowest BCUT2D eigenvalue weighted by atomic mass is 10.1. The number of H-pyrrole nitrogens is 1. The van der Waals surface area contributed by atoms with E-state index in [0.29, 0.717) is 46.1 Å². The summed E-state index contributed by atoms with van der Waals surface area (Å²) in [7, 11) is 0. The lowest BCUT2D eigenvalue weighted by molar-refractivity contribution is 0.102. The largest absolute Gasteiger partial charge is 0.486 e. The summed E-state index contributed by atoms with van der Waals surface area (Å²) < 4.78 is 11.1. The van der Waals surface area contributed by atoms with E-state index in [0.717, 1.165) is 0 Å². The number of nitrogens with zero attached hydrogens (tertiary/aromatic N) is 2. The number of carbonyl (C=O) groups is 1. The molecule has 1 aliphatic heterocycles. The molecule has 8 nitrogen and oxygen atoms in total. The molecule has 0 bridgehead atoms. The molecule has 0 atom stereocenters. The topological polar surface area (TPSA) is 106 Å². The molecule has 0 saturated carbocycles. The number of aromatic nitrogens is 3. The third-order valence-electron chi connectivity index (χ3n) is 3.60. The molecular formula is C16H11ClN4O4S. The quantitative estimate of drug-likeness (QED) is 0.711. The molecule has 1 amide bonds. The van der Waals surface area contributed by atoms with E-state index in [1.165, 1.54) is 23.9 Å². The molecule has 1 aliphatic rings. The molecule has 0 aliphatic carbocycles. The third kappa shape index (κ3) is 3.14. The number of ether oxygens (including phenoxy) is 2. The van der Waals surface area contributed by atoms with Crippen LogP contribution >= 0.6 is 22.9 Å². The molecule has 26 heavy (non-hydrogen) atoms. The van der Waals surface area contributed by atoms with Gasteiger partial charge < -0.3 is 14.5 Å². The molecule has 1 aromatic carbocycles. The van der Waals surface area contributed by atoms with Crippen molar-refractivity contribution in [2.45, 2.75) is 0 Å². The number of fused-ring (bicyclic) bond motifs is 1. The summed E-state index contributed by atoms with van der Waals surface area (Å²) in [6, 6.07) is 3.43. The van der Waals surface area contributed by atoms with Crippen LogP contribution in [-0.4, -0.2) is 34.1 Å². The number of nitrogens with one attached hydrogen (secondary N) is 2. The third-order valence-corrected chi connectivity index (χ3v) is 4.67. The van der Waals surface area contributed by atoms with Crippen LogP contribution in [0, 0.1) is 0 Å². The number of hydrogen-bond donors (Lipinski definition) is 2. The number of amides is 1. The monoisotopic (exact) mass is 390 g/mol. The van der Waals surface area contributed by atoms with Gasteiger partial charge in [-0.1, -0.05) is 11.6 Å². The molecule has 0 radical (unpaired) electrons. The average Bonchev–Trinajstić information content (AvgIpc) is 3.09. The van der Waals surface area contributed by atoms with Gasteiger partial charge in [-0.05, 0) is 6.07 Å². The second kappa shape index (κ2) is 6.77. The first kappa shape index (κ1) is 16.6. The summed E-state index contributed by atoms with van der Waals surface area (Å²) in [6.45, 7) is 0.940. The Kier molecular flexibility index (Phi) is 4.31. The van der Waals surface area contributed by atoms with Gasteiger partial charge in [-0.15, -0.1) is 11.3 Å². The zero-order valence-electron chi connectivity index (χ0n) is 13.1. The highest BCUT2D eigenvalue weighted by Gasteiger charge is 2.18. The predicted octanol–water partition coefficient (Wildman–Crippen LogP) is 2.57. The van der Waals surface area contributed by atoms with Crippen molar-refractivity contribution < 1.29 is 14.3 Å². The molecule has 132 valence electrons. The molecule has 0 saturated heterocycles. The fourth-order valence-electron chi connectivity index (χ4n) is 2.39. The second-order valence-corrected chi connectivity index (χ2v) is 6.53. The SMILES string of the molecule is O=C(Nc1nc(-c2cc3c(cc2Cl)OCCO3)cs1)c1cnc[nH]c1=O. The van der Waals surface area contributed by atoms with Crippen molar-refractivity contribution in [1.29, 1.82) is 0 Å². The molecule has 3 aromatic rings. The molecule has 4 rings (SSSR count). The molecule has 2 aromatic heterocycles. The van der Waals surface area contributed by atoms with Gasteiger partial charge in [0.15, 0.2) is 16.6 Å². The van der Waals surface area contributed by atoms with Gasteiger partial charge >= 0.3 is 0 Å². The van der Waals surface area contributed by atoms with Gasteiger partial charge in [0.05, 0.1) is 17.0 Å². The van der Waals surface area contributed by atoms with Gasteiger partial charge in [-0.25, -0.2) is 9.97 Å². The Morgan fingerprint density at radius 3 is 2.81 bits per heavy atom. The summed E-state index contributed by atoms with van der Waals surface area (Å²) in [5, 5.41) is 5.12. The van der Waals surface area contributed by atoms with Crippen LogP contribution in [0.25, 0.3) is 11.3 Å². The number of halogens is 1. The maximum Gasteiger partial charge on any atom is 0.264 e. The first-order chi connectivity index (χ1) is 12.6. The van der Waals surface area contributed by atoms with Crippen molar-refractivity contribution in [2.24, 2.45) is 0 Å². The van der Waals surface area contributed by atoms with E-state index in [1.54, 1.807) is 17.5 Å². The van der Waals surface area contributed by atoms with E-state index in [1.807, 2.05) is 0 Å². The van der Waals surface area contributed by atoms with Crippen LogP contribution < -0.4 is 20.3 Å². The molecule has 2 N–H and O–H groups in total. The van der Waals surface area contributed by atoms with Gasteiger partial charge in [0.2, 0.25) is 0 Å². The van der Waals surface area contributed by atoms with Crippen molar-refractivity contribution in [3.8, 4) is 22.8 Å². The Bertz CT molecular complexity index is 1050. The standard InChI is InChI=1S/C16H11ClN4O4S/c17-10-4-13-12(24-1-2-25-13)3-8(10)11-6-26-16(20-11)21-15(23)9-5-18-7-19-14(9)22/h3-7H,1-2H2,(H,18,19,22)(H,20,21,23). The van der Waals surface area contributed by atoms with Gasteiger partial charge in [-0.3, -0.25) is 14.9 Å².